The topological polar surface area (TPSA) is 61.8 Å². The third-order valence-electron chi connectivity index (χ3n) is 3.37. The van der Waals surface area contributed by atoms with Crippen molar-refractivity contribution in [1.82, 2.24) is 10.2 Å². The maximum atomic E-state index is 12.0. The highest BCUT2D eigenvalue weighted by molar-refractivity contribution is 7.98. The summed E-state index contributed by atoms with van der Waals surface area (Å²) in [6, 6.07) is 0.358. The van der Waals surface area contributed by atoms with E-state index < -0.39 is 11.2 Å². The molecule has 0 aliphatic carbocycles. The average Bonchev–Trinajstić information content (AvgIpc) is 2.35. The number of hydrogen-bond donors (Lipinski definition) is 2. The Morgan fingerprint density at radius 2 is 1.90 bits per heavy atom. The summed E-state index contributed by atoms with van der Waals surface area (Å²) in [5.74, 6) is 0.719. The molecule has 5 nitrogen and oxygen atoms in total. The van der Waals surface area contributed by atoms with Gasteiger partial charge in [0, 0.05) is 31.4 Å². The Labute approximate surface area is 132 Å². The van der Waals surface area contributed by atoms with Crippen molar-refractivity contribution in [2.24, 2.45) is 0 Å². The van der Waals surface area contributed by atoms with Gasteiger partial charge in [0.15, 0.2) is 0 Å². The van der Waals surface area contributed by atoms with E-state index in [-0.39, 0.29) is 6.09 Å². The Kier molecular flexibility index (Phi) is 6.81. The quantitative estimate of drug-likeness (QED) is 0.813. The molecule has 0 radical (unpaired) electrons. The van der Waals surface area contributed by atoms with Gasteiger partial charge >= 0.3 is 6.09 Å². The lowest BCUT2D eigenvalue weighted by molar-refractivity contribution is 0.0185. The first-order chi connectivity index (χ1) is 9.63. The first-order valence-electron chi connectivity index (χ1n) is 7.55. The van der Waals surface area contributed by atoms with Gasteiger partial charge in [-0.15, -0.1) is 0 Å². The number of carbonyl (C=O) groups excluding carboxylic acids is 1. The molecule has 1 aliphatic heterocycles. The zero-order valence-corrected chi connectivity index (χ0v) is 14.8. The molecule has 1 heterocycles. The molecule has 0 bridgehead atoms. The van der Waals surface area contributed by atoms with Crippen molar-refractivity contribution in [1.29, 1.82) is 0 Å². The van der Waals surface area contributed by atoms with E-state index in [9.17, 15) is 9.90 Å². The van der Waals surface area contributed by atoms with Crippen LogP contribution in [0, 0.1) is 0 Å². The molecule has 1 fully saturated rings. The van der Waals surface area contributed by atoms with Crippen molar-refractivity contribution >= 4 is 17.9 Å². The lowest BCUT2D eigenvalue weighted by atomic mass is 10.0. The number of amides is 1. The SMILES string of the molecule is CSCC(C)(O)CNC1CCN(C(=O)OC(C)(C)C)CC1. The van der Waals surface area contributed by atoms with E-state index in [2.05, 4.69) is 5.32 Å². The van der Waals surface area contributed by atoms with Gasteiger partial charge in [-0.05, 0) is 46.8 Å². The van der Waals surface area contributed by atoms with Gasteiger partial charge in [0.25, 0.3) is 0 Å². The number of nitrogens with zero attached hydrogens (tertiary/aromatic N) is 1. The highest BCUT2D eigenvalue weighted by Crippen LogP contribution is 2.16. The Balaban J connectivity index is 2.31. The van der Waals surface area contributed by atoms with Gasteiger partial charge in [-0.1, -0.05) is 0 Å². The molecule has 0 aromatic rings. The third kappa shape index (κ3) is 7.38. The number of likely N-dealkylation sites (tertiary alicyclic amines) is 1. The smallest absolute Gasteiger partial charge is 0.410 e. The van der Waals surface area contributed by atoms with Gasteiger partial charge in [-0.25, -0.2) is 4.79 Å². The molecule has 0 aromatic carbocycles. The maximum absolute atomic E-state index is 12.0. The molecule has 1 amide bonds. The van der Waals surface area contributed by atoms with Gasteiger partial charge < -0.3 is 20.1 Å². The zero-order valence-electron chi connectivity index (χ0n) is 13.9. The van der Waals surface area contributed by atoms with E-state index in [4.69, 9.17) is 4.74 Å². The molecule has 0 aromatic heterocycles. The van der Waals surface area contributed by atoms with E-state index in [1.807, 2.05) is 34.0 Å². The van der Waals surface area contributed by atoms with Crippen LogP contribution in [0.2, 0.25) is 0 Å². The van der Waals surface area contributed by atoms with Crippen LogP contribution >= 0.6 is 11.8 Å². The molecule has 1 unspecified atom stereocenters. The van der Waals surface area contributed by atoms with Crippen LogP contribution in [0.4, 0.5) is 4.79 Å². The van der Waals surface area contributed by atoms with Crippen LogP contribution in [-0.2, 0) is 4.74 Å². The monoisotopic (exact) mass is 318 g/mol. The van der Waals surface area contributed by atoms with E-state index in [0.29, 0.717) is 25.7 Å². The number of aliphatic hydroxyl groups is 1. The molecule has 124 valence electrons. The summed E-state index contributed by atoms with van der Waals surface area (Å²) in [5, 5.41) is 13.6. The fourth-order valence-corrected chi connectivity index (χ4v) is 3.04. The first-order valence-corrected chi connectivity index (χ1v) is 8.95. The molecule has 1 rings (SSSR count). The van der Waals surface area contributed by atoms with Crippen LogP contribution in [0.15, 0.2) is 0 Å². The highest BCUT2D eigenvalue weighted by atomic mass is 32.2. The van der Waals surface area contributed by atoms with Crippen LogP contribution in [0.5, 0.6) is 0 Å². The molecule has 2 N–H and O–H groups in total. The van der Waals surface area contributed by atoms with Crippen LogP contribution in [0.1, 0.15) is 40.5 Å². The fraction of sp³-hybridized carbons (Fsp3) is 0.933. The largest absolute Gasteiger partial charge is 0.444 e. The minimum Gasteiger partial charge on any atom is -0.444 e. The minimum atomic E-state index is -0.679. The van der Waals surface area contributed by atoms with E-state index in [0.717, 1.165) is 18.6 Å². The summed E-state index contributed by atoms with van der Waals surface area (Å²) < 4.78 is 5.38. The van der Waals surface area contributed by atoms with Crippen molar-refractivity contribution in [2.75, 3.05) is 31.6 Å². The van der Waals surface area contributed by atoms with Crippen LogP contribution in [-0.4, -0.2) is 65.0 Å². The van der Waals surface area contributed by atoms with Crippen molar-refractivity contribution in [3.63, 3.8) is 0 Å². The lowest BCUT2D eigenvalue weighted by Gasteiger charge is -2.35. The summed E-state index contributed by atoms with van der Waals surface area (Å²) in [6.45, 7) is 9.50. The molecule has 1 atom stereocenters. The summed E-state index contributed by atoms with van der Waals surface area (Å²) >= 11 is 1.65. The maximum Gasteiger partial charge on any atom is 0.410 e. The summed E-state index contributed by atoms with van der Waals surface area (Å²) in [4.78, 5) is 13.7. The number of ether oxygens (including phenoxy) is 1. The van der Waals surface area contributed by atoms with Crippen LogP contribution in [0.25, 0.3) is 0 Å². The summed E-state index contributed by atoms with van der Waals surface area (Å²) in [5.41, 5.74) is -1.12. The van der Waals surface area contributed by atoms with E-state index >= 15 is 0 Å². The van der Waals surface area contributed by atoms with Crippen LogP contribution in [0.3, 0.4) is 0 Å². The molecular formula is C15H30N2O3S. The summed E-state index contributed by atoms with van der Waals surface area (Å²) in [6.07, 6.45) is 3.56. The van der Waals surface area contributed by atoms with E-state index in [1.54, 1.807) is 16.7 Å². The number of piperidine rings is 1. The molecule has 0 saturated carbocycles. The van der Waals surface area contributed by atoms with Crippen molar-refractivity contribution in [2.45, 2.75) is 57.8 Å². The Bertz CT molecular complexity index is 334. The van der Waals surface area contributed by atoms with Crippen LogP contribution < -0.4 is 5.32 Å². The van der Waals surface area contributed by atoms with Crippen molar-refractivity contribution in [3.8, 4) is 0 Å². The predicted octanol–water partition coefficient (Wildman–Crippen LogP) is 2.09. The first kappa shape index (κ1) is 18.6. The second kappa shape index (κ2) is 7.70. The van der Waals surface area contributed by atoms with Crippen molar-refractivity contribution < 1.29 is 14.6 Å². The normalized spacial score (nSPS) is 20.2. The standard InChI is InChI=1S/C15H30N2O3S/c1-14(2,3)20-13(18)17-8-6-12(7-9-17)16-10-15(4,19)11-21-5/h12,16,19H,6-11H2,1-5H3. The van der Waals surface area contributed by atoms with Gasteiger partial charge in [0.05, 0.1) is 5.60 Å². The van der Waals surface area contributed by atoms with Gasteiger partial charge in [0.2, 0.25) is 0 Å². The minimum absolute atomic E-state index is 0.227. The van der Waals surface area contributed by atoms with Crippen molar-refractivity contribution in [3.05, 3.63) is 0 Å². The highest BCUT2D eigenvalue weighted by Gasteiger charge is 2.28. The lowest BCUT2D eigenvalue weighted by Crippen LogP contribution is -2.50. The molecule has 6 heteroatoms. The predicted molar refractivity (Wildman–Crippen MR) is 87.8 cm³/mol. The van der Waals surface area contributed by atoms with E-state index in [1.165, 1.54) is 0 Å². The Hall–Kier alpha value is -0.460. The molecular weight excluding hydrogens is 288 g/mol. The molecule has 21 heavy (non-hydrogen) atoms. The second-order valence-corrected chi connectivity index (χ2v) is 7.92. The second-order valence-electron chi connectivity index (χ2n) is 7.05. The number of nitrogens with one attached hydrogen (secondary N) is 1. The number of carbonyl (C=O) groups is 1. The molecule has 0 spiro atoms. The fourth-order valence-electron chi connectivity index (χ4n) is 2.32. The number of thioether (sulfide) groups is 1. The number of rotatable bonds is 5. The third-order valence-corrected chi connectivity index (χ3v) is 4.28. The summed E-state index contributed by atoms with van der Waals surface area (Å²) in [7, 11) is 0. The zero-order chi connectivity index (χ0) is 16.1. The number of hydrogen-bond acceptors (Lipinski definition) is 5. The van der Waals surface area contributed by atoms with Gasteiger partial charge in [0.1, 0.15) is 5.60 Å². The van der Waals surface area contributed by atoms with Gasteiger partial charge in [-0.3, -0.25) is 0 Å². The van der Waals surface area contributed by atoms with Gasteiger partial charge in [-0.2, -0.15) is 11.8 Å². The molecule has 1 aliphatic rings. The average molecular weight is 318 g/mol. The molecule has 1 saturated heterocycles. The Morgan fingerprint density at radius 1 is 1.33 bits per heavy atom. The Morgan fingerprint density at radius 3 is 2.38 bits per heavy atom.